The van der Waals surface area contributed by atoms with Crippen molar-refractivity contribution >= 4 is 11.9 Å². The summed E-state index contributed by atoms with van der Waals surface area (Å²) < 4.78 is 5.37. The molecular weight excluding hydrogens is 266 g/mol. The van der Waals surface area contributed by atoms with Gasteiger partial charge in [0.2, 0.25) is 0 Å². The van der Waals surface area contributed by atoms with Gasteiger partial charge in [0.15, 0.2) is 0 Å². The highest BCUT2D eigenvalue weighted by Gasteiger charge is 2.31. The number of ether oxygens (including phenoxy) is 1. The number of carbonyl (C=O) groups is 2. The van der Waals surface area contributed by atoms with Gasteiger partial charge in [-0.3, -0.25) is 4.79 Å². The summed E-state index contributed by atoms with van der Waals surface area (Å²) in [5.41, 5.74) is -0.381. The molecule has 0 aromatic rings. The van der Waals surface area contributed by atoms with Crippen LogP contribution in [0.25, 0.3) is 0 Å². The molecule has 0 atom stereocenters. The average Bonchev–Trinajstić information content (AvgIpc) is 2.36. The number of amides is 1. The molecule has 4 nitrogen and oxygen atoms in total. The van der Waals surface area contributed by atoms with Crippen LogP contribution in [-0.4, -0.2) is 35.5 Å². The highest BCUT2D eigenvalue weighted by atomic mass is 16.6. The number of hydrogen-bond acceptors (Lipinski definition) is 3. The summed E-state index contributed by atoms with van der Waals surface area (Å²) in [5, 5.41) is 0. The van der Waals surface area contributed by atoms with Crippen LogP contribution in [-0.2, 0) is 9.53 Å². The zero-order valence-electron chi connectivity index (χ0n) is 14.5. The van der Waals surface area contributed by atoms with E-state index in [0.717, 1.165) is 19.3 Å². The maximum absolute atomic E-state index is 12.3. The van der Waals surface area contributed by atoms with Crippen molar-refractivity contribution in [2.75, 3.05) is 13.1 Å². The Morgan fingerprint density at radius 3 is 2.05 bits per heavy atom. The fourth-order valence-corrected chi connectivity index (χ4v) is 2.45. The molecule has 0 spiro atoms. The van der Waals surface area contributed by atoms with Crippen LogP contribution in [0.2, 0.25) is 0 Å². The van der Waals surface area contributed by atoms with Crippen LogP contribution in [0.1, 0.15) is 67.2 Å². The number of likely N-dealkylation sites (tertiary alicyclic amines) is 1. The Hall–Kier alpha value is -1.06. The van der Waals surface area contributed by atoms with E-state index in [1.54, 1.807) is 4.90 Å². The lowest BCUT2D eigenvalue weighted by Crippen LogP contribution is -2.43. The fraction of sp³-hybridized carbons (Fsp3) is 0.882. The topological polar surface area (TPSA) is 46.6 Å². The Kier molecular flexibility index (Phi) is 5.83. The molecule has 1 fully saturated rings. The third-order valence-corrected chi connectivity index (χ3v) is 4.21. The Bertz CT molecular complexity index is 374. The minimum atomic E-state index is -0.463. The van der Waals surface area contributed by atoms with Gasteiger partial charge in [0.05, 0.1) is 0 Å². The number of rotatable bonds is 4. The van der Waals surface area contributed by atoms with Gasteiger partial charge < -0.3 is 9.64 Å². The zero-order valence-corrected chi connectivity index (χ0v) is 14.5. The second kappa shape index (κ2) is 6.80. The maximum atomic E-state index is 12.3. The van der Waals surface area contributed by atoms with Crippen LogP contribution in [0, 0.1) is 11.3 Å². The van der Waals surface area contributed by atoms with Gasteiger partial charge in [-0.15, -0.1) is 0 Å². The van der Waals surface area contributed by atoms with E-state index in [9.17, 15) is 9.59 Å². The summed E-state index contributed by atoms with van der Waals surface area (Å²) in [5.74, 6) is 0.459. The molecule has 1 heterocycles. The Balaban J connectivity index is 2.45. The molecule has 1 amide bonds. The second-order valence-electron chi connectivity index (χ2n) is 7.90. The summed E-state index contributed by atoms with van der Waals surface area (Å²) in [6, 6.07) is 0. The quantitative estimate of drug-likeness (QED) is 0.787. The van der Waals surface area contributed by atoms with Gasteiger partial charge in [-0.25, -0.2) is 4.79 Å². The molecule has 122 valence electrons. The van der Waals surface area contributed by atoms with Gasteiger partial charge in [0, 0.05) is 25.4 Å². The van der Waals surface area contributed by atoms with Crippen molar-refractivity contribution in [1.29, 1.82) is 0 Å². The molecular formula is C17H31NO3. The van der Waals surface area contributed by atoms with Crippen LogP contribution >= 0.6 is 0 Å². The molecule has 1 rings (SSSR count). The molecule has 0 aromatic carbocycles. The van der Waals surface area contributed by atoms with Gasteiger partial charge >= 0.3 is 6.09 Å². The molecule has 0 unspecified atom stereocenters. The summed E-state index contributed by atoms with van der Waals surface area (Å²) in [6.07, 6.45) is 2.91. The Morgan fingerprint density at radius 1 is 1.10 bits per heavy atom. The van der Waals surface area contributed by atoms with Gasteiger partial charge in [0.25, 0.3) is 0 Å². The van der Waals surface area contributed by atoms with Crippen LogP contribution in [0.3, 0.4) is 0 Å². The Labute approximate surface area is 129 Å². The lowest BCUT2D eigenvalue weighted by molar-refractivity contribution is -0.126. The van der Waals surface area contributed by atoms with E-state index in [0.29, 0.717) is 25.3 Å². The molecule has 1 aliphatic rings. The monoisotopic (exact) mass is 297 g/mol. The SMILES string of the molecule is CCC(C)(C)CC(=O)C1CCN(C(=O)OC(C)(C)C)CC1. The first-order valence-corrected chi connectivity index (χ1v) is 8.05. The molecule has 0 bridgehead atoms. The van der Waals surface area contributed by atoms with E-state index < -0.39 is 5.60 Å². The Morgan fingerprint density at radius 2 is 1.62 bits per heavy atom. The number of ketones is 1. The number of hydrogen-bond donors (Lipinski definition) is 0. The van der Waals surface area contributed by atoms with Crippen molar-refractivity contribution in [3.8, 4) is 0 Å². The summed E-state index contributed by atoms with van der Waals surface area (Å²) in [6.45, 7) is 13.3. The summed E-state index contributed by atoms with van der Waals surface area (Å²) in [7, 11) is 0. The molecule has 0 aromatic heterocycles. The molecule has 4 heteroatoms. The molecule has 0 radical (unpaired) electrons. The lowest BCUT2D eigenvalue weighted by Gasteiger charge is -2.34. The number of piperidine rings is 1. The van der Waals surface area contributed by atoms with Gasteiger partial charge in [-0.2, -0.15) is 0 Å². The van der Waals surface area contributed by atoms with E-state index in [2.05, 4.69) is 20.8 Å². The third-order valence-electron chi connectivity index (χ3n) is 4.21. The normalized spacial score (nSPS) is 17.7. The van der Waals surface area contributed by atoms with E-state index in [1.165, 1.54) is 0 Å². The first-order chi connectivity index (χ1) is 9.54. The first-order valence-electron chi connectivity index (χ1n) is 8.05. The van der Waals surface area contributed by atoms with Gasteiger partial charge in [-0.1, -0.05) is 27.2 Å². The molecule has 21 heavy (non-hydrogen) atoms. The zero-order chi connectivity index (χ0) is 16.3. The van der Waals surface area contributed by atoms with Crippen LogP contribution in [0.5, 0.6) is 0 Å². The van der Waals surface area contributed by atoms with Crippen LogP contribution < -0.4 is 0 Å². The molecule has 1 aliphatic heterocycles. The molecule has 0 saturated carbocycles. The van der Waals surface area contributed by atoms with Crippen molar-refractivity contribution in [2.24, 2.45) is 11.3 Å². The molecule has 1 saturated heterocycles. The predicted octanol–water partition coefficient (Wildman–Crippen LogP) is 4.03. The van der Waals surface area contributed by atoms with E-state index in [-0.39, 0.29) is 17.4 Å². The summed E-state index contributed by atoms with van der Waals surface area (Å²) in [4.78, 5) is 26.0. The van der Waals surface area contributed by atoms with Crippen molar-refractivity contribution in [2.45, 2.75) is 72.8 Å². The van der Waals surface area contributed by atoms with Crippen LogP contribution in [0.15, 0.2) is 0 Å². The molecule has 0 aliphatic carbocycles. The van der Waals surface area contributed by atoms with E-state index in [4.69, 9.17) is 4.74 Å². The average molecular weight is 297 g/mol. The van der Waals surface area contributed by atoms with Crippen LogP contribution in [0.4, 0.5) is 4.79 Å². The third kappa shape index (κ3) is 6.06. The predicted molar refractivity (Wildman–Crippen MR) is 84.2 cm³/mol. The van der Waals surface area contributed by atoms with Gasteiger partial charge in [0.1, 0.15) is 11.4 Å². The first kappa shape index (κ1) is 18.0. The smallest absolute Gasteiger partial charge is 0.410 e. The lowest BCUT2D eigenvalue weighted by atomic mass is 9.79. The number of nitrogens with zero attached hydrogens (tertiary/aromatic N) is 1. The second-order valence-corrected chi connectivity index (χ2v) is 7.90. The van der Waals surface area contributed by atoms with E-state index >= 15 is 0 Å². The highest BCUT2D eigenvalue weighted by molar-refractivity contribution is 5.82. The van der Waals surface area contributed by atoms with E-state index in [1.807, 2.05) is 20.8 Å². The van der Waals surface area contributed by atoms with Crippen molar-refractivity contribution < 1.29 is 14.3 Å². The number of Topliss-reactive ketones (excluding diaryl/α,β-unsaturated/α-hetero) is 1. The largest absolute Gasteiger partial charge is 0.444 e. The van der Waals surface area contributed by atoms with Crippen molar-refractivity contribution in [3.05, 3.63) is 0 Å². The van der Waals surface area contributed by atoms with Crippen molar-refractivity contribution in [1.82, 2.24) is 4.90 Å². The highest BCUT2D eigenvalue weighted by Crippen LogP contribution is 2.29. The fourth-order valence-electron chi connectivity index (χ4n) is 2.45. The van der Waals surface area contributed by atoms with Gasteiger partial charge in [-0.05, 0) is 39.0 Å². The maximum Gasteiger partial charge on any atom is 0.410 e. The number of carbonyl (C=O) groups excluding carboxylic acids is 2. The molecule has 0 N–H and O–H groups in total. The van der Waals surface area contributed by atoms with Crippen molar-refractivity contribution in [3.63, 3.8) is 0 Å². The summed E-state index contributed by atoms with van der Waals surface area (Å²) >= 11 is 0. The standard InChI is InChI=1S/C17H31NO3/c1-7-17(5,6)12-14(19)13-8-10-18(11-9-13)15(20)21-16(2,3)4/h13H,7-12H2,1-6H3. The minimum Gasteiger partial charge on any atom is -0.444 e. The minimum absolute atomic E-state index is 0.0827.